The highest BCUT2D eigenvalue weighted by molar-refractivity contribution is 9.13. The molecule has 1 aliphatic rings. The van der Waals surface area contributed by atoms with Crippen molar-refractivity contribution >= 4 is 63.7 Å². The van der Waals surface area contributed by atoms with Crippen LogP contribution < -0.4 is 0 Å². The Hall–Kier alpha value is 1.92. The normalized spacial score (nSPS) is 45.2. The van der Waals surface area contributed by atoms with Gasteiger partial charge in [0.15, 0.2) is 0 Å². The number of alkyl halides is 4. The zero-order valence-corrected chi connectivity index (χ0v) is 15.1. The van der Waals surface area contributed by atoms with Crippen LogP contribution in [0.1, 0.15) is 40.0 Å². The largest absolute Gasteiger partial charge is 0.0875 e. The number of halogens is 4. The second-order valence-electron chi connectivity index (χ2n) is 4.89. The molecule has 0 aromatic carbocycles. The van der Waals surface area contributed by atoms with E-state index in [0.717, 1.165) is 6.42 Å². The molecule has 4 heteroatoms. The molecule has 3 atom stereocenters. The van der Waals surface area contributed by atoms with Gasteiger partial charge in [0.1, 0.15) is 0 Å². The van der Waals surface area contributed by atoms with E-state index >= 15 is 0 Å². The molecule has 0 N–H and O–H groups in total. The standard InChI is InChI=1S/C10H16Br4/c1-8(2,12)10(14)5-4-9(3,13)7(11)6-10/h7H,4-6H2,1-3H3. The molecule has 0 aliphatic heterocycles. The Bertz CT molecular complexity index is 219. The van der Waals surface area contributed by atoms with Gasteiger partial charge in [0.05, 0.1) is 0 Å². The average Bonchev–Trinajstić information content (AvgIpc) is 1.96. The first kappa shape index (κ1) is 14.0. The Morgan fingerprint density at radius 3 is 2.07 bits per heavy atom. The van der Waals surface area contributed by atoms with Crippen molar-refractivity contribution in [2.45, 2.75) is 57.8 Å². The van der Waals surface area contributed by atoms with Gasteiger partial charge in [-0.2, -0.15) is 0 Å². The van der Waals surface area contributed by atoms with Crippen molar-refractivity contribution in [1.82, 2.24) is 0 Å². The Labute approximate surface area is 120 Å². The molecule has 0 spiro atoms. The van der Waals surface area contributed by atoms with Crippen molar-refractivity contribution in [1.29, 1.82) is 0 Å². The van der Waals surface area contributed by atoms with E-state index < -0.39 is 0 Å². The van der Waals surface area contributed by atoms with Crippen LogP contribution in [0.4, 0.5) is 0 Å². The fourth-order valence-corrected chi connectivity index (χ4v) is 4.20. The van der Waals surface area contributed by atoms with Gasteiger partial charge >= 0.3 is 0 Å². The summed E-state index contributed by atoms with van der Waals surface area (Å²) < 4.78 is 0.569. The smallest absolute Gasteiger partial charge is 0.0417 e. The van der Waals surface area contributed by atoms with Crippen LogP contribution in [0.3, 0.4) is 0 Å². The molecule has 1 fully saturated rings. The van der Waals surface area contributed by atoms with Gasteiger partial charge in [-0.3, -0.25) is 0 Å². The first-order valence-corrected chi connectivity index (χ1v) is 8.09. The maximum Gasteiger partial charge on any atom is 0.0417 e. The molecule has 0 radical (unpaired) electrons. The third-order valence-electron chi connectivity index (χ3n) is 3.23. The zero-order chi connectivity index (χ0) is 11.2. The first-order chi connectivity index (χ1) is 6.08. The lowest BCUT2D eigenvalue weighted by Gasteiger charge is -2.48. The molecular formula is C10H16Br4. The quantitative estimate of drug-likeness (QED) is 0.465. The van der Waals surface area contributed by atoms with E-state index in [2.05, 4.69) is 84.5 Å². The number of hydrogen-bond donors (Lipinski definition) is 0. The highest BCUT2D eigenvalue weighted by Crippen LogP contribution is 2.54. The van der Waals surface area contributed by atoms with Gasteiger partial charge in [-0.05, 0) is 40.0 Å². The van der Waals surface area contributed by atoms with E-state index in [0.29, 0.717) is 4.83 Å². The van der Waals surface area contributed by atoms with Crippen molar-refractivity contribution in [3.05, 3.63) is 0 Å². The summed E-state index contributed by atoms with van der Waals surface area (Å²) in [4.78, 5) is 0.514. The Morgan fingerprint density at radius 1 is 1.21 bits per heavy atom. The predicted molar refractivity (Wildman–Crippen MR) is 78.6 cm³/mol. The molecule has 0 heterocycles. The Balaban J connectivity index is 2.81. The highest BCUT2D eigenvalue weighted by atomic mass is 79.9. The topological polar surface area (TPSA) is 0 Å². The molecule has 0 nitrogen and oxygen atoms in total. The van der Waals surface area contributed by atoms with Crippen molar-refractivity contribution in [2.75, 3.05) is 0 Å². The maximum atomic E-state index is 3.91. The molecule has 1 saturated carbocycles. The van der Waals surface area contributed by atoms with Crippen LogP contribution in [-0.2, 0) is 0 Å². The van der Waals surface area contributed by atoms with Crippen LogP contribution in [-0.4, -0.2) is 17.8 Å². The second kappa shape index (κ2) is 4.30. The van der Waals surface area contributed by atoms with Crippen LogP contribution in [0.15, 0.2) is 0 Å². The molecule has 0 saturated heterocycles. The molecule has 1 aliphatic carbocycles. The highest BCUT2D eigenvalue weighted by Gasteiger charge is 2.49. The van der Waals surface area contributed by atoms with Gasteiger partial charge in [0.25, 0.3) is 0 Å². The monoisotopic (exact) mass is 452 g/mol. The minimum absolute atomic E-state index is 0.134. The van der Waals surface area contributed by atoms with E-state index in [1.165, 1.54) is 12.8 Å². The van der Waals surface area contributed by atoms with Gasteiger partial charge < -0.3 is 0 Å². The zero-order valence-electron chi connectivity index (χ0n) is 8.71. The van der Waals surface area contributed by atoms with Crippen molar-refractivity contribution in [3.63, 3.8) is 0 Å². The van der Waals surface area contributed by atoms with Gasteiger partial charge in [-0.15, -0.1) is 0 Å². The summed E-state index contributed by atoms with van der Waals surface area (Å²) in [6.45, 7) is 6.73. The third-order valence-corrected chi connectivity index (χ3v) is 9.13. The predicted octanol–water partition coefficient (Wildman–Crippen LogP) is 5.39. The number of rotatable bonds is 1. The second-order valence-corrected chi connectivity index (χ2v) is 11.3. The molecular weight excluding hydrogens is 440 g/mol. The molecule has 84 valence electrons. The minimum atomic E-state index is 0.134. The molecule has 3 unspecified atom stereocenters. The lowest BCUT2D eigenvalue weighted by atomic mass is 9.77. The molecule has 0 bridgehead atoms. The van der Waals surface area contributed by atoms with Crippen molar-refractivity contribution in [3.8, 4) is 0 Å². The molecule has 0 amide bonds. The van der Waals surface area contributed by atoms with Gasteiger partial charge in [0, 0.05) is 17.8 Å². The van der Waals surface area contributed by atoms with Crippen LogP contribution >= 0.6 is 63.7 Å². The van der Waals surface area contributed by atoms with Crippen LogP contribution in [0.2, 0.25) is 0 Å². The summed E-state index contributed by atoms with van der Waals surface area (Å²) in [6, 6.07) is 0. The van der Waals surface area contributed by atoms with E-state index in [1.54, 1.807) is 0 Å². The fraction of sp³-hybridized carbons (Fsp3) is 1.00. The van der Waals surface area contributed by atoms with Crippen molar-refractivity contribution in [2.24, 2.45) is 0 Å². The van der Waals surface area contributed by atoms with E-state index in [1.807, 2.05) is 0 Å². The Kier molecular flexibility index (Phi) is 4.30. The lowest BCUT2D eigenvalue weighted by molar-refractivity contribution is 0.331. The van der Waals surface area contributed by atoms with Crippen molar-refractivity contribution < 1.29 is 0 Å². The molecule has 14 heavy (non-hydrogen) atoms. The van der Waals surface area contributed by atoms with E-state index in [-0.39, 0.29) is 13.0 Å². The van der Waals surface area contributed by atoms with E-state index in [4.69, 9.17) is 0 Å². The summed E-state index contributed by atoms with van der Waals surface area (Å²) in [7, 11) is 0. The minimum Gasteiger partial charge on any atom is -0.0875 e. The fourth-order valence-electron chi connectivity index (χ4n) is 1.74. The number of hydrogen-bond acceptors (Lipinski definition) is 0. The lowest BCUT2D eigenvalue weighted by Crippen LogP contribution is -2.50. The summed E-state index contributed by atoms with van der Waals surface area (Å²) in [5.74, 6) is 0. The summed E-state index contributed by atoms with van der Waals surface area (Å²) in [6.07, 6.45) is 3.51. The van der Waals surface area contributed by atoms with Gasteiger partial charge in [-0.1, -0.05) is 63.7 Å². The summed E-state index contributed by atoms with van der Waals surface area (Å²) in [5, 5.41) is 0. The van der Waals surface area contributed by atoms with Crippen LogP contribution in [0.5, 0.6) is 0 Å². The van der Waals surface area contributed by atoms with Gasteiger partial charge in [0.2, 0.25) is 0 Å². The summed E-state index contributed by atoms with van der Waals surface area (Å²) >= 11 is 15.3. The molecule has 1 rings (SSSR count). The molecule has 0 aromatic rings. The average molecular weight is 456 g/mol. The van der Waals surface area contributed by atoms with Crippen LogP contribution in [0, 0.1) is 0 Å². The van der Waals surface area contributed by atoms with E-state index in [9.17, 15) is 0 Å². The maximum absolute atomic E-state index is 3.91. The third kappa shape index (κ3) is 2.78. The molecule has 0 aromatic heterocycles. The first-order valence-electron chi connectivity index (χ1n) is 4.79. The SMILES string of the molecule is CC1(Br)CCC(Br)(C(C)(C)Br)CC1Br. The van der Waals surface area contributed by atoms with Crippen LogP contribution in [0.25, 0.3) is 0 Å². The van der Waals surface area contributed by atoms with Gasteiger partial charge in [-0.25, -0.2) is 0 Å². The summed E-state index contributed by atoms with van der Waals surface area (Å²) in [5.41, 5.74) is 0. The Morgan fingerprint density at radius 2 is 1.71 bits per heavy atom.